The Bertz CT molecular complexity index is 1120. The van der Waals surface area contributed by atoms with Crippen molar-refractivity contribution in [3.05, 3.63) is 65.0 Å². The number of carbonyl (C=O) groups excluding carboxylic acids is 1. The monoisotopic (exact) mass is 402 g/mol. The lowest BCUT2D eigenvalue weighted by Gasteiger charge is -2.27. The lowest BCUT2D eigenvalue weighted by Crippen LogP contribution is -2.31. The van der Waals surface area contributed by atoms with Gasteiger partial charge in [-0.3, -0.25) is 9.69 Å². The highest BCUT2D eigenvalue weighted by molar-refractivity contribution is 5.89. The number of para-hydroxylation sites is 1. The number of anilines is 1. The largest absolute Gasteiger partial charge is 0.493 e. The third-order valence-electron chi connectivity index (χ3n) is 5.97. The fraction of sp³-hybridized carbons (Fsp3) is 0.333. The number of hydrogen-bond donors (Lipinski definition) is 1. The van der Waals surface area contributed by atoms with Crippen molar-refractivity contribution in [3.8, 4) is 17.1 Å². The third kappa shape index (κ3) is 3.48. The average molecular weight is 402 g/mol. The van der Waals surface area contributed by atoms with Gasteiger partial charge >= 0.3 is 0 Å². The van der Waals surface area contributed by atoms with Crippen LogP contribution in [0.5, 0.6) is 5.75 Å². The fourth-order valence-corrected chi connectivity index (χ4v) is 4.52. The summed E-state index contributed by atoms with van der Waals surface area (Å²) in [6, 6.07) is 14.4. The van der Waals surface area contributed by atoms with Crippen molar-refractivity contribution in [2.24, 2.45) is 7.05 Å². The molecule has 0 aliphatic carbocycles. The van der Waals surface area contributed by atoms with Crippen molar-refractivity contribution in [3.63, 3.8) is 0 Å². The van der Waals surface area contributed by atoms with Gasteiger partial charge in [-0.1, -0.05) is 30.3 Å². The lowest BCUT2D eigenvalue weighted by atomic mass is 10.1. The number of imidazole rings is 1. The number of nitrogens with one attached hydrogen (secondary N) is 1. The molecule has 2 aliphatic rings. The van der Waals surface area contributed by atoms with Crippen molar-refractivity contribution < 1.29 is 9.53 Å². The number of benzene rings is 2. The van der Waals surface area contributed by atoms with E-state index in [1.807, 2.05) is 24.3 Å². The molecule has 3 heterocycles. The molecule has 0 atom stereocenters. The highest BCUT2D eigenvalue weighted by Gasteiger charge is 2.25. The maximum atomic E-state index is 11.4. The second-order valence-electron chi connectivity index (χ2n) is 8.11. The maximum Gasteiger partial charge on any atom is 0.221 e. The average Bonchev–Trinajstić information content (AvgIpc) is 3.33. The quantitative estimate of drug-likeness (QED) is 0.725. The van der Waals surface area contributed by atoms with Crippen LogP contribution >= 0.6 is 0 Å². The van der Waals surface area contributed by atoms with E-state index < -0.39 is 0 Å². The zero-order chi connectivity index (χ0) is 20.7. The van der Waals surface area contributed by atoms with Gasteiger partial charge in [0.05, 0.1) is 18.0 Å². The molecule has 0 unspecified atom stereocenters. The molecule has 0 spiro atoms. The van der Waals surface area contributed by atoms with Crippen LogP contribution in [-0.4, -0.2) is 33.5 Å². The van der Waals surface area contributed by atoms with E-state index in [4.69, 9.17) is 9.72 Å². The first-order chi connectivity index (χ1) is 14.6. The topological polar surface area (TPSA) is 59.4 Å². The van der Waals surface area contributed by atoms with Gasteiger partial charge in [0.2, 0.25) is 5.91 Å². The molecule has 0 saturated carbocycles. The molecule has 1 aromatic heterocycles. The lowest BCUT2D eigenvalue weighted by molar-refractivity contribution is -0.114. The number of hydrogen-bond acceptors (Lipinski definition) is 4. The van der Waals surface area contributed by atoms with Crippen LogP contribution in [-0.2, 0) is 37.8 Å². The van der Waals surface area contributed by atoms with Crippen LogP contribution in [0, 0.1) is 0 Å². The Morgan fingerprint density at radius 3 is 2.93 bits per heavy atom. The van der Waals surface area contributed by atoms with Gasteiger partial charge in [0, 0.05) is 63.3 Å². The van der Waals surface area contributed by atoms with Crippen LogP contribution in [0.1, 0.15) is 29.4 Å². The Morgan fingerprint density at radius 2 is 2.07 bits per heavy atom. The first kappa shape index (κ1) is 18.9. The minimum absolute atomic E-state index is 0.0710. The molecule has 5 rings (SSSR count). The van der Waals surface area contributed by atoms with Crippen LogP contribution in [0.3, 0.4) is 0 Å². The summed E-state index contributed by atoms with van der Waals surface area (Å²) >= 11 is 0. The Labute approximate surface area is 176 Å². The fourth-order valence-electron chi connectivity index (χ4n) is 4.52. The number of aromatic nitrogens is 2. The predicted molar refractivity (Wildman–Crippen MR) is 116 cm³/mol. The molecule has 30 heavy (non-hydrogen) atoms. The third-order valence-corrected chi connectivity index (χ3v) is 5.97. The first-order valence-corrected chi connectivity index (χ1v) is 10.5. The molecule has 3 aromatic rings. The second-order valence-corrected chi connectivity index (χ2v) is 8.11. The van der Waals surface area contributed by atoms with E-state index in [2.05, 4.69) is 40.0 Å². The highest BCUT2D eigenvalue weighted by Crippen LogP contribution is 2.32. The molecular formula is C24H26N4O2. The summed E-state index contributed by atoms with van der Waals surface area (Å²) in [6.45, 7) is 5.06. The molecule has 2 aromatic carbocycles. The Kier molecular flexibility index (Phi) is 4.79. The van der Waals surface area contributed by atoms with Crippen molar-refractivity contribution in [1.82, 2.24) is 14.5 Å². The zero-order valence-electron chi connectivity index (χ0n) is 17.4. The van der Waals surface area contributed by atoms with Crippen LogP contribution in [0.25, 0.3) is 11.4 Å². The predicted octanol–water partition coefficient (Wildman–Crippen LogP) is 3.54. The first-order valence-electron chi connectivity index (χ1n) is 10.5. The van der Waals surface area contributed by atoms with Gasteiger partial charge < -0.3 is 14.6 Å². The molecule has 6 nitrogen and oxygen atoms in total. The molecule has 154 valence electrons. The van der Waals surface area contributed by atoms with Crippen molar-refractivity contribution in [1.29, 1.82) is 0 Å². The molecule has 0 bridgehead atoms. The summed E-state index contributed by atoms with van der Waals surface area (Å²) < 4.78 is 8.09. The molecule has 2 aliphatic heterocycles. The van der Waals surface area contributed by atoms with Gasteiger partial charge in [-0.15, -0.1) is 0 Å². The van der Waals surface area contributed by atoms with E-state index in [1.54, 1.807) is 0 Å². The van der Waals surface area contributed by atoms with E-state index in [9.17, 15) is 4.79 Å². The number of fused-ring (bicyclic) bond motifs is 2. The summed E-state index contributed by atoms with van der Waals surface area (Å²) in [5.41, 5.74) is 6.84. The number of rotatable bonds is 4. The van der Waals surface area contributed by atoms with Gasteiger partial charge in [0.25, 0.3) is 0 Å². The molecule has 0 radical (unpaired) electrons. The second kappa shape index (κ2) is 7.61. The van der Waals surface area contributed by atoms with Crippen molar-refractivity contribution in [2.45, 2.75) is 32.9 Å². The van der Waals surface area contributed by atoms with Crippen molar-refractivity contribution >= 4 is 11.6 Å². The van der Waals surface area contributed by atoms with E-state index in [0.717, 1.165) is 61.9 Å². The number of nitrogens with zero attached hydrogens (tertiary/aromatic N) is 3. The van der Waals surface area contributed by atoms with Gasteiger partial charge in [-0.2, -0.15) is 0 Å². The minimum atomic E-state index is -0.0710. The van der Waals surface area contributed by atoms with Crippen LogP contribution < -0.4 is 10.1 Å². The Balaban J connectivity index is 1.39. The SMILES string of the molecule is CC(=O)Nc1cccc(-c2nc3c(n2C)CN(Cc2cccc4c2OCC4)CC3)c1. The van der Waals surface area contributed by atoms with Crippen LogP contribution in [0.2, 0.25) is 0 Å². The van der Waals surface area contributed by atoms with Gasteiger partial charge in [0.1, 0.15) is 11.6 Å². The smallest absolute Gasteiger partial charge is 0.221 e. The summed E-state index contributed by atoms with van der Waals surface area (Å²) in [5, 5.41) is 2.85. The maximum absolute atomic E-state index is 11.4. The van der Waals surface area contributed by atoms with Crippen LogP contribution in [0.15, 0.2) is 42.5 Å². The van der Waals surface area contributed by atoms with Crippen LogP contribution in [0.4, 0.5) is 5.69 Å². The molecule has 6 heteroatoms. The molecule has 0 saturated heterocycles. The van der Waals surface area contributed by atoms with E-state index in [-0.39, 0.29) is 5.91 Å². The van der Waals surface area contributed by atoms with Crippen molar-refractivity contribution in [2.75, 3.05) is 18.5 Å². The number of amides is 1. The van der Waals surface area contributed by atoms with Gasteiger partial charge in [-0.25, -0.2) is 4.98 Å². The Hall–Kier alpha value is -3.12. The standard InChI is InChI=1S/C24H26N4O2/c1-16(29)25-20-8-4-6-18(13-20)24-26-21-9-11-28(15-22(21)27(24)2)14-19-7-3-5-17-10-12-30-23(17)19/h3-8,13H,9-12,14-15H2,1-2H3,(H,25,29). The van der Waals surface area contributed by atoms with E-state index >= 15 is 0 Å². The molecular weight excluding hydrogens is 376 g/mol. The van der Waals surface area contributed by atoms with Gasteiger partial charge in [-0.05, 0) is 17.7 Å². The molecule has 0 fully saturated rings. The molecule has 1 amide bonds. The van der Waals surface area contributed by atoms with Gasteiger partial charge in [0.15, 0.2) is 0 Å². The van der Waals surface area contributed by atoms with E-state index in [1.165, 1.54) is 29.4 Å². The van der Waals surface area contributed by atoms with E-state index in [0.29, 0.717) is 0 Å². The highest BCUT2D eigenvalue weighted by atomic mass is 16.5. The summed E-state index contributed by atoms with van der Waals surface area (Å²) in [4.78, 5) is 18.8. The molecule has 1 N–H and O–H groups in total. The Morgan fingerprint density at radius 1 is 1.20 bits per heavy atom. The summed E-state index contributed by atoms with van der Waals surface area (Å²) in [5.74, 6) is 1.96. The minimum Gasteiger partial charge on any atom is -0.493 e. The summed E-state index contributed by atoms with van der Waals surface area (Å²) in [7, 11) is 2.08. The normalized spacial score (nSPS) is 15.4. The zero-order valence-corrected chi connectivity index (χ0v) is 17.4. The summed E-state index contributed by atoms with van der Waals surface area (Å²) in [6.07, 6.45) is 1.94. The number of ether oxygens (including phenoxy) is 1. The number of carbonyl (C=O) groups is 1.